The third-order valence-electron chi connectivity index (χ3n) is 4.27. The first-order chi connectivity index (χ1) is 9.72. The molecule has 1 aliphatic heterocycles. The van der Waals surface area contributed by atoms with E-state index in [0.717, 1.165) is 29.7 Å². The van der Waals surface area contributed by atoms with Gasteiger partial charge in [0.15, 0.2) is 0 Å². The fourth-order valence-electron chi connectivity index (χ4n) is 3.13. The highest BCUT2D eigenvalue weighted by Gasteiger charge is 2.38. The Hall–Kier alpha value is -1.20. The number of hydrogen-bond donors (Lipinski definition) is 0. The zero-order chi connectivity index (χ0) is 13.7. The van der Waals surface area contributed by atoms with Gasteiger partial charge in [-0.2, -0.15) is 0 Å². The van der Waals surface area contributed by atoms with Crippen LogP contribution < -0.4 is 4.90 Å². The Balaban J connectivity index is 1.72. The number of anilines is 1. The number of rotatable bonds is 2. The van der Waals surface area contributed by atoms with Gasteiger partial charge in [0.1, 0.15) is 17.0 Å². The molecule has 20 heavy (non-hydrogen) atoms. The Kier molecular flexibility index (Phi) is 2.93. The maximum absolute atomic E-state index is 6.10. The van der Waals surface area contributed by atoms with Gasteiger partial charge in [0.05, 0.1) is 17.6 Å². The number of thiophene rings is 1. The molecule has 1 saturated carbocycles. The van der Waals surface area contributed by atoms with Crippen molar-refractivity contribution < 1.29 is 4.74 Å². The molecule has 1 aliphatic carbocycles. The zero-order valence-corrected chi connectivity index (χ0v) is 12.7. The summed E-state index contributed by atoms with van der Waals surface area (Å²) in [6.45, 7) is 6.20. The maximum Gasteiger partial charge on any atom is 0.141 e. The standard InChI is InChI=1S/C15H19N3OS/c1-9-7-20-15-13(9)14(16-8-17-15)18-5-10(2)19-12(6-18)11-3-4-11/h7-8,10-12H,3-6H2,1-2H3/t10-,12-/m0/s1. The van der Waals surface area contributed by atoms with E-state index in [1.54, 1.807) is 17.7 Å². The molecular formula is C15H19N3OS. The summed E-state index contributed by atoms with van der Waals surface area (Å²) in [5.74, 6) is 1.86. The van der Waals surface area contributed by atoms with Crippen LogP contribution in [-0.2, 0) is 4.74 Å². The predicted molar refractivity (Wildman–Crippen MR) is 81.4 cm³/mol. The number of nitrogens with zero attached hydrogens (tertiary/aromatic N) is 3. The van der Waals surface area contributed by atoms with Crippen LogP contribution in [0.5, 0.6) is 0 Å². The lowest BCUT2D eigenvalue weighted by Gasteiger charge is -2.38. The molecule has 0 amide bonds. The van der Waals surface area contributed by atoms with Crippen LogP contribution in [0.15, 0.2) is 11.7 Å². The summed E-state index contributed by atoms with van der Waals surface area (Å²) in [6.07, 6.45) is 4.99. The predicted octanol–water partition coefficient (Wildman–Crippen LogP) is 3.00. The van der Waals surface area contributed by atoms with Crippen molar-refractivity contribution in [1.82, 2.24) is 9.97 Å². The smallest absolute Gasteiger partial charge is 0.141 e. The Morgan fingerprint density at radius 1 is 1.30 bits per heavy atom. The molecule has 4 nitrogen and oxygen atoms in total. The van der Waals surface area contributed by atoms with E-state index in [9.17, 15) is 0 Å². The zero-order valence-electron chi connectivity index (χ0n) is 11.9. The second kappa shape index (κ2) is 4.67. The lowest BCUT2D eigenvalue weighted by molar-refractivity contribution is -0.0272. The van der Waals surface area contributed by atoms with E-state index in [-0.39, 0.29) is 6.10 Å². The van der Waals surface area contributed by atoms with E-state index in [4.69, 9.17) is 4.74 Å². The van der Waals surface area contributed by atoms with Crippen LogP contribution in [-0.4, -0.2) is 35.3 Å². The SMILES string of the molecule is Cc1csc2ncnc(N3C[C@@H](C4CC4)O[C@@H](C)C3)c12. The van der Waals surface area contributed by atoms with Crippen molar-refractivity contribution in [2.45, 2.75) is 38.9 Å². The summed E-state index contributed by atoms with van der Waals surface area (Å²) in [5, 5.41) is 3.40. The number of fused-ring (bicyclic) bond motifs is 1. The first kappa shape index (κ1) is 12.5. The van der Waals surface area contributed by atoms with E-state index in [2.05, 4.69) is 34.1 Å². The minimum Gasteiger partial charge on any atom is -0.371 e. The molecule has 1 saturated heterocycles. The van der Waals surface area contributed by atoms with Gasteiger partial charge in [0.25, 0.3) is 0 Å². The van der Waals surface area contributed by atoms with Gasteiger partial charge in [-0.15, -0.1) is 11.3 Å². The monoisotopic (exact) mass is 289 g/mol. The van der Waals surface area contributed by atoms with E-state index in [1.165, 1.54) is 23.8 Å². The van der Waals surface area contributed by atoms with Crippen LogP contribution in [0.4, 0.5) is 5.82 Å². The minimum absolute atomic E-state index is 0.276. The van der Waals surface area contributed by atoms with Gasteiger partial charge in [0, 0.05) is 13.1 Å². The van der Waals surface area contributed by atoms with Crippen LogP contribution in [0.25, 0.3) is 10.2 Å². The lowest BCUT2D eigenvalue weighted by Crippen LogP contribution is -2.48. The highest BCUT2D eigenvalue weighted by Crippen LogP contribution is 2.38. The topological polar surface area (TPSA) is 38.2 Å². The molecule has 0 N–H and O–H groups in total. The molecule has 2 aromatic heterocycles. The first-order valence-electron chi connectivity index (χ1n) is 7.31. The highest BCUT2D eigenvalue weighted by molar-refractivity contribution is 7.17. The normalized spacial score (nSPS) is 27.2. The van der Waals surface area contributed by atoms with Crippen molar-refractivity contribution in [2.75, 3.05) is 18.0 Å². The van der Waals surface area contributed by atoms with Gasteiger partial charge in [-0.25, -0.2) is 9.97 Å². The molecule has 106 valence electrons. The largest absolute Gasteiger partial charge is 0.371 e. The molecule has 0 unspecified atom stereocenters. The second-order valence-electron chi connectivity index (χ2n) is 6.02. The van der Waals surface area contributed by atoms with Crippen LogP contribution in [0.3, 0.4) is 0 Å². The van der Waals surface area contributed by atoms with Crippen molar-refractivity contribution in [3.8, 4) is 0 Å². The Labute approximate surface area is 122 Å². The molecule has 3 heterocycles. The van der Waals surface area contributed by atoms with Gasteiger partial charge in [-0.1, -0.05) is 0 Å². The highest BCUT2D eigenvalue weighted by atomic mass is 32.1. The van der Waals surface area contributed by atoms with Gasteiger partial charge < -0.3 is 9.64 Å². The van der Waals surface area contributed by atoms with Crippen molar-refractivity contribution in [2.24, 2.45) is 5.92 Å². The van der Waals surface area contributed by atoms with Crippen molar-refractivity contribution in [3.63, 3.8) is 0 Å². The lowest BCUT2D eigenvalue weighted by atomic mass is 10.1. The van der Waals surface area contributed by atoms with Gasteiger partial charge in [-0.05, 0) is 43.6 Å². The van der Waals surface area contributed by atoms with E-state index in [1.807, 2.05) is 0 Å². The first-order valence-corrected chi connectivity index (χ1v) is 8.19. The Morgan fingerprint density at radius 2 is 2.15 bits per heavy atom. The average molecular weight is 289 g/mol. The Bertz CT molecular complexity index is 637. The summed E-state index contributed by atoms with van der Waals surface area (Å²) in [5.41, 5.74) is 1.28. The summed E-state index contributed by atoms with van der Waals surface area (Å²) in [6, 6.07) is 0. The van der Waals surface area contributed by atoms with E-state index >= 15 is 0 Å². The average Bonchev–Trinajstić information content (AvgIpc) is 3.23. The molecule has 0 bridgehead atoms. The van der Waals surface area contributed by atoms with E-state index < -0.39 is 0 Å². The van der Waals surface area contributed by atoms with Crippen molar-refractivity contribution in [3.05, 3.63) is 17.3 Å². The van der Waals surface area contributed by atoms with Gasteiger partial charge in [-0.3, -0.25) is 0 Å². The molecule has 2 fully saturated rings. The summed E-state index contributed by atoms with van der Waals surface area (Å²) < 4.78 is 6.10. The van der Waals surface area contributed by atoms with Crippen LogP contribution >= 0.6 is 11.3 Å². The summed E-state index contributed by atoms with van der Waals surface area (Å²) in [4.78, 5) is 12.5. The van der Waals surface area contributed by atoms with Crippen molar-refractivity contribution >= 4 is 27.4 Å². The third kappa shape index (κ3) is 2.09. The van der Waals surface area contributed by atoms with Gasteiger partial charge in [0.2, 0.25) is 0 Å². The van der Waals surface area contributed by atoms with Crippen LogP contribution in [0.2, 0.25) is 0 Å². The van der Waals surface area contributed by atoms with E-state index in [0.29, 0.717) is 6.10 Å². The molecule has 2 aliphatic rings. The molecule has 2 aromatic rings. The molecule has 0 radical (unpaired) electrons. The van der Waals surface area contributed by atoms with Gasteiger partial charge >= 0.3 is 0 Å². The van der Waals surface area contributed by atoms with Crippen LogP contribution in [0, 0.1) is 12.8 Å². The quantitative estimate of drug-likeness (QED) is 0.852. The number of morpholine rings is 1. The summed E-state index contributed by atoms with van der Waals surface area (Å²) >= 11 is 1.70. The molecule has 4 rings (SSSR count). The number of hydrogen-bond acceptors (Lipinski definition) is 5. The number of aromatic nitrogens is 2. The van der Waals surface area contributed by atoms with Crippen molar-refractivity contribution in [1.29, 1.82) is 0 Å². The minimum atomic E-state index is 0.276. The maximum atomic E-state index is 6.10. The fraction of sp³-hybridized carbons (Fsp3) is 0.600. The molecule has 0 spiro atoms. The Morgan fingerprint density at radius 3 is 2.95 bits per heavy atom. The second-order valence-corrected chi connectivity index (χ2v) is 6.88. The van der Waals surface area contributed by atoms with Crippen LogP contribution in [0.1, 0.15) is 25.3 Å². The summed E-state index contributed by atoms with van der Waals surface area (Å²) in [7, 11) is 0. The molecular weight excluding hydrogens is 270 g/mol. The number of aryl methyl sites for hydroxylation is 1. The third-order valence-corrected chi connectivity index (χ3v) is 5.27. The number of ether oxygens (including phenoxy) is 1. The molecule has 0 aromatic carbocycles. The fourth-order valence-corrected chi connectivity index (χ4v) is 4.01. The molecule has 5 heteroatoms. The molecule has 2 atom stereocenters.